The van der Waals surface area contributed by atoms with Crippen LogP contribution in [0.1, 0.15) is 117 Å². The molecule has 0 aromatic heterocycles. The minimum Gasteiger partial charge on any atom is -0.311 e. The molecule has 1 rings (SSSR count). The molecule has 0 radical (unpaired) electrons. The van der Waals surface area contributed by atoms with Gasteiger partial charge in [-0.1, -0.05) is 90.9 Å². The topological polar surface area (TPSA) is 12.0 Å². The maximum atomic E-state index is 3.88. The molecule has 1 N–H and O–H groups in total. The largest absolute Gasteiger partial charge is 0.311 e. The highest BCUT2D eigenvalue weighted by atomic mass is 15.0. The molecule has 0 bridgehead atoms. The minimum absolute atomic E-state index is 0.497. The van der Waals surface area contributed by atoms with Crippen molar-refractivity contribution < 1.29 is 0 Å². The lowest BCUT2D eigenvalue weighted by molar-refractivity contribution is 0.273. The van der Waals surface area contributed by atoms with Crippen molar-refractivity contribution in [1.82, 2.24) is 5.32 Å². The number of hydrogen-bond donors (Lipinski definition) is 1. The molecule has 1 saturated heterocycles. The van der Waals surface area contributed by atoms with E-state index in [1.165, 1.54) is 109 Å². The molecule has 0 aromatic rings. The molecule has 1 fully saturated rings. The fourth-order valence-electron chi connectivity index (χ4n) is 3.85. The van der Waals surface area contributed by atoms with Gasteiger partial charge in [-0.2, -0.15) is 0 Å². The molecule has 1 unspecified atom stereocenters. The highest BCUT2D eigenvalue weighted by molar-refractivity contribution is 4.88. The Morgan fingerprint density at radius 3 is 1.95 bits per heavy atom. The van der Waals surface area contributed by atoms with Gasteiger partial charge >= 0.3 is 0 Å². The molecule has 0 amide bonds. The first kappa shape index (κ1) is 19.0. The molecule has 0 aromatic carbocycles. The van der Waals surface area contributed by atoms with Gasteiger partial charge < -0.3 is 5.32 Å². The first-order valence-corrected chi connectivity index (χ1v) is 10.1. The molecule has 21 heavy (non-hydrogen) atoms. The van der Waals surface area contributed by atoms with Crippen molar-refractivity contribution in [3.05, 3.63) is 0 Å². The van der Waals surface area contributed by atoms with Crippen LogP contribution in [0.5, 0.6) is 0 Å². The lowest BCUT2D eigenvalue weighted by atomic mass is 9.85. The van der Waals surface area contributed by atoms with Crippen LogP contribution < -0.4 is 5.32 Å². The Labute approximate surface area is 134 Å². The predicted octanol–water partition coefficient (Wildman–Crippen LogP) is 6.61. The molecule has 1 nitrogen and oxygen atoms in total. The molecule has 126 valence electrons. The molecule has 0 saturated carbocycles. The van der Waals surface area contributed by atoms with E-state index in [2.05, 4.69) is 19.2 Å². The lowest BCUT2D eigenvalue weighted by Gasteiger charge is -2.33. The van der Waals surface area contributed by atoms with Crippen molar-refractivity contribution in [1.29, 1.82) is 0 Å². The fourth-order valence-corrected chi connectivity index (χ4v) is 3.85. The standard InChI is InChI=1S/C20H41N/c1-3-5-6-7-8-9-10-11-12-14-17-20(4-2)18-15-13-16-19-21-20/h21H,3-19H2,1-2H3. The summed E-state index contributed by atoms with van der Waals surface area (Å²) in [6.45, 7) is 5.94. The van der Waals surface area contributed by atoms with E-state index >= 15 is 0 Å². The van der Waals surface area contributed by atoms with Crippen molar-refractivity contribution in [2.24, 2.45) is 0 Å². The van der Waals surface area contributed by atoms with E-state index in [9.17, 15) is 0 Å². The maximum Gasteiger partial charge on any atom is 0.0178 e. The summed E-state index contributed by atoms with van der Waals surface area (Å²) in [7, 11) is 0. The van der Waals surface area contributed by atoms with Gasteiger partial charge in [0.2, 0.25) is 0 Å². The monoisotopic (exact) mass is 295 g/mol. The Morgan fingerprint density at radius 1 is 0.714 bits per heavy atom. The molecule has 1 heterocycles. The zero-order valence-electron chi connectivity index (χ0n) is 15.0. The number of rotatable bonds is 12. The normalized spacial score (nSPS) is 23.1. The van der Waals surface area contributed by atoms with Gasteiger partial charge in [-0.15, -0.1) is 0 Å². The van der Waals surface area contributed by atoms with E-state index < -0.39 is 0 Å². The summed E-state index contributed by atoms with van der Waals surface area (Å²) < 4.78 is 0. The molecular weight excluding hydrogens is 254 g/mol. The molecular formula is C20H41N. The Hall–Kier alpha value is -0.0400. The Morgan fingerprint density at radius 2 is 1.33 bits per heavy atom. The van der Waals surface area contributed by atoms with Crippen LogP contribution in [0.25, 0.3) is 0 Å². The number of hydrogen-bond acceptors (Lipinski definition) is 1. The van der Waals surface area contributed by atoms with Gasteiger partial charge in [0.25, 0.3) is 0 Å². The molecule has 0 aliphatic carbocycles. The van der Waals surface area contributed by atoms with Gasteiger partial charge in [0, 0.05) is 5.54 Å². The van der Waals surface area contributed by atoms with E-state index in [-0.39, 0.29) is 0 Å². The first-order chi connectivity index (χ1) is 10.3. The molecule has 1 aliphatic heterocycles. The van der Waals surface area contributed by atoms with Crippen LogP contribution in [0.2, 0.25) is 0 Å². The van der Waals surface area contributed by atoms with Crippen molar-refractivity contribution in [2.45, 2.75) is 122 Å². The van der Waals surface area contributed by atoms with Crippen molar-refractivity contribution in [3.8, 4) is 0 Å². The van der Waals surface area contributed by atoms with Crippen LogP contribution in [0.15, 0.2) is 0 Å². The average Bonchev–Trinajstić information content (AvgIpc) is 2.75. The summed E-state index contributed by atoms with van der Waals surface area (Å²) in [6, 6.07) is 0. The summed E-state index contributed by atoms with van der Waals surface area (Å²) in [5.74, 6) is 0. The maximum absolute atomic E-state index is 3.88. The molecule has 0 spiro atoms. The van der Waals surface area contributed by atoms with Crippen LogP contribution in [0.4, 0.5) is 0 Å². The number of unbranched alkanes of at least 4 members (excludes halogenated alkanes) is 9. The highest BCUT2D eigenvalue weighted by Crippen LogP contribution is 2.28. The summed E-state index contributed by atoms with van der Waals surface area (Å²) in [4.78, 5) is 0. The molecule has 1 heteroatoms. The van der Waals surface area contributed by atoms with Crippen LogP contribution in [-0.4, -0.2) is 12.1 Å². The minimum atomic E-state index is 0.497. The fraction of sp³-hybridized carbons (Fsp3) is 1.00. The van der Waals surface area contributed by atoms with Crippen LogP contribution in [-0.2, 0) is 0 Å². The third-order valence-electron chi connectivity index (χ3n) is 5.52. The van der Waals surface area contributed by atoms with E-state index in [0.717, 1.165) is 0 Å². The van der Waals surface area contributed by atoms with Crippen LogP contribution in [0.3, 0.4) is 0 Å². The zero-order chi connectivity index (χ0) is 15.2. The van der Waals surface area contributed by atoms with Gasteiger partial charge in [-0.05, 0) is 32.2 Å². The van der Waals surface area contributed by atoms with E-state index in [1.54, 1.807) is 0 Å². The summed E-state index contributed by atoms with van der Waals surface area (Å²) >= 11 is 0. The number of nitrogens with one attached hydrogen (secondary N) is 1. The predicted molar refractivity (Wildman–Crippen MR) is 96.0 cm³/mol. The van der Waals surface area contributed by atoms with E-state index in [4.69, 9.17) is 0 Å². The Bertz CT molecular complexity index is 216. The van der Waals surface area contributed by atoms with Crippen LogP contribution in [0, 0.1) is 0 Å². The Balaban J connectivity index is 1.97. The van der Waals surface area contributed by atoms with E-state index in [1.807, 2.05) is 0 Å². The van der Waals surface area contributed by atoms with Gasteiger partial charge in [-0.3, -0.25) is 0 Å². The van der Waals surface area contributed by atoms with Crippen molar-refractivity contribution in [2.75, 3.05) is 6.54 Å². The van der Waals surface area contributed by atoms with Gasteiger partial charge in [-0.25, -0.2) is 0 Å². The van der Waals surface area contributed by atoms with Crippen LogP contribution >= 0.6 is 0 Å². The summed E-state index contributed by atoms with van der Waals surface area (Å²) in [6.07, 6.45) is 22.9. The third-order valence-corrected chi connectivity index (χ3v) is 5.52. The smallest absolute Gasteiger partial charge is 0.0178 e. The highest BCUT2D eigenvalue weighted by Gasteiger charge is 2.27. The average molecular weight is 296 g/mol. The van der Waals surface area contributed by atoms with Gasteiger partial charge in [0.1, 0.15) is 0 Å². The second kappa shape index (κ2) is 12.5. The summed E-state index contributed by atoms with van der Waals surface area (Å²) in [5.41, 5.74) is 0.497. The quantitative estimate of drug-likeness (QED) is 0.399. The van der Waals surface area contributed by atoms with E-state index in [0.29, 0.717) is 5.54 Å². The molecule has 1 aliphatic rings. The first-order valence-electron chi connectivity index (χ1n) is 10.1. The SMILES string of the molecule is CCCCCCCCCCCCC1(CC)CCCCCN1. The second-order valence-electron chi connectivity index (χ2n) is 7.30. The van der Waals surface area contributed by atoms with Crippen molar-refractivity contribution in [3.63, 3.8) is 0 Å². The second-order valence-corrected chi connectivity index (χ2v) is 7.30. The third kappa shape index (κ3) is 8.86. The van der Waals surface area contributed by atoms with Crippen molar-refractivity contribution >= 4 is 0 Å². The van der Waals surface area contributed by atoms with Gasteiger partial charge in [0.15, 0.2) is 0 Å². The molecule has 1 atom stereocenters. The van der Waals surface area contributed by atoms with Gasteiger partial charge in [0.05, 0.1) is 0 Å². The summed E-state index contributed by atoms with van der Waals surface area (Å²) in [5, 5.41) is 3.88. The zero-order valence-corrected chi connectivity index (χ0v) is 15.0. The lowest BCUT2D eigenvalue weighted by Crippen LogP contribution is -2.43. The Kier molecular flexibility index (Phi) is 11.3.